The number of methoxy groups -OCH3 is 1. The largest absolute Gasteiger partial charge is 0.496 e. The molecule has 1 aromatic carbocycles. The van der Waals surface area contributed by atoms with Crippen molar-refractivity contribution in [2.45, 2.75) is 38.3 Å². The van der Waals surface area contributed by atoms with Crippen molar-refractivity contribution < 1.29 is 9.57 Å². The molecule has 4 nitrogen and oxygen atoms in total. The molecule has 2 N–H and O–H groups in total. The second kappa shape index (κ2) is 6.89. The maximum absolute atomic E-state index is 6.33. The van der Waals surface area contributed by atoms with Gasteiger partial charge in [0.05, 0.1) is 19.8 Å². The normalized spacial score (nSPS) is 19.9. The standard InChI is InChI=1S/C15H24N2O2/c1-3-13(16)15(17-10-6-7-11-19-17)12-8-4-5-9-14(12)18-2/h4-5,8-9,13,15H,3,6-7,10-11,16H2,1-2H3. The van der Waals surface area contributed by atoms with E-state index in [0.29, 0.717) is 0 Å². The first-order valence-corrected chi connectivity index (χ1v) is 7.06. The minimum absolute atomic E-state index is 0.0365. The van der Waals surface area contributed by atoms with Gasteiger partial charge in [0, 0.05) is 18.2 Å². The van der Waals surface area contributed by atoms with E-state index < -0.39 is 0 Å². The molecule has 1 saturated heterocycles. The van der Waals surface area contributed by atoms with Crippen molar-refractivity contribution in [1.29, 1.82) is 0 Å². The molecule has 1 fully saturated rings. The fourth-order valence-corrected chi connectivity index (χ4v) is 2.57. The molecule has 0 saturated carbocycles. The molecule has 4 heteroatoms. The highest BCUT2D eigenvalue weighted by Crippen LogP contribution is 2.33. The second-order valence-electron chi connectivity index (χ2n) is 4.94. The summed E-state index contributed by atoms with van der Waals surface area (Å²) in [6.45, 7) is 3.82. The molecule has 106 valence electrons. The summed E-state index contributed by atoms with van der Waals surface area (Å²) >= 11 is 0. The Morgan fingerprint density at radius 3 is 2.79 bits per heavy atom. The summed E-state index contributed by atoms with van der Waals surface area (Å²) in [6.07, 6.45) is 3.18. The van der Waals surface area contributed by atoms with Crippen LogP contribution in [0.3, 0.4) is 0 Å². The molecule has 1 aliphatic rings. The lowest BCUT2D eigenvalue weighted by Gasteiger charge is -2.37. The highest BCUT2D eigenvalue weighted by atomic mass is 16.7. The fraction of sp³-hybridized carbons (Fsp3) is 0.600. The van der Waals surface area contributed by atoms with Crippen LogP contribution in [0.1, 0.15) is 37.8 Å². The van der Waals surface area contributed by atoms with Crippen molar-refractivity contribution in [3.63, 3.8) is 0 Å². The minimum atomic E-state index is 0.0365. The van der Waals surface area contributed by atoms with E-state index in [1.165, 1.54) is 0 Å². The first-order valence-electron chi connectivity index (χ1n) is 7.06. The Bertz CT molecular complexity index is 391. The third kappa shape index (κ3) is 3.26. The van der Waals surface area contributed by atoms with E-state index in [2.05, 4.69) is 13.0 Å². The van der Waals surface area contributed by atoms with Gasteiger partial charge in [0.25, 0.3) is 0 Å². The van der Waals surface area contributed by atoms with Crippen LogP contribution in [0.4, 0.5) is 0 Å². The fourth-order valence-electron chi connectivity index (χ4n) is 2.57. The predicted octanol–water partition coefficient (Wildman–Crippen LogP) is 2.50. The molecule has 0 aromatic heterocycles. The van der Waals surface area contributed by atoms with Crippen molar-refractivity contribution in [2.75, 3.05) is 20.3 Å². The van der Waals surface area contributed by atoms with Crippen LogP contribution in [-0.2, 0) is 4.84 Å². The molecule has 1 aliphatic heterocycles. The van der Waals surface area contributed by atoms with Gasteiger partial charge in [-0.1, -0.05) is 25.1 Å². The van der Waals surface area contributed by atoms with Crippen LogP contribution in [0.5, 0.6) is 5.75 Å². The lowest BCUT2D eigenvalue weighted by molar-refractivity contribution is -0.212. The molecule has 19 heavy (non-hydrogen) atoms. The Balaban J connectivity index is 2.30. The van der Waals surface area contributed by atoms with E-state index in [9.17, 15) is 0 Å². The molecule has 0 spiro atoms. The van der Waals surface area contributed by atoms with Crippen molar-refractivity contribution >= 4 is 0 Å². The van der Waals surface area contributed by atoms with Gasteiger partial charge in [-0.25, -0.2) is 0 Å². The molecule has 1 aromatic rings. The number of hydroxylamine groups is 2. The molecule has 0 bridgehead atoms. The highest BCUT2D eigenvalue weighted by Gasteiger charge is 2.30. The van der Waals surface area contributed by atoms with E-state index in [0.717, 1.165) is 43.7 Å². The van der Waals surface area contributed by atoms with Crippen molar-refractivity contribution in [1.82, 2.24) is 5.06 Å². The van der Waals surface area contributed by atoms with Gasteiger partial charge in [-0.3, -0.25) is 4.84 Å². The van der Waals surface area contributed by atoms with Crippen LogP contribution in [-0.4, -0.2) is 31.4 Å². The zero-order valence-corrected chi connectivity index (χ0v) is 11.8. The maximum atomic E-state index is 6.33. The Hall–Kier alpha value is -1.10. The molecule has 0 amide bonds. The molecule has 2 unspecified atom stereocenters. The number of benzene rings is 1. The first kappa shape index (κ1) is 14.3. The van der Waals surface area contributed by atoms with E-state index >= 15 is 0 Å². The summed E-state index contributed by atoms with van der Waals surface area (Å²) in [5, 5.41) is 2.04. The zero-order chi connectivity index (χ0) is 13.7. The molecular weight excluding hydrogens is 240 g/mol. The zero-order valence-electron chi connectivity index (χ0n) is 11.8. The number of hydrogen-bond acceptors (Lipinski definition) is 4. The number of rotatable bonds is 5. The Labute approximate surface area is 115 Å². The van der Waals surface area contributed by atoms with Gasteiger partial charge in [0.1, 0.15) is 5.75 Å². The molecule has 0 aliphatic carbocycles. The van der Waals surface area contributed by atoms with Gasteiger partial charge in [0.2, 0.25) is 0 Å². The summed E-state index contributed by atoms with van der Waals surface area (Å²) in [4.78, 5) is 5.81. The minimum Gasteiger partial charge on any atom is -0.496 e. The smallest absolute Gasteiger partial charge is 0.123 e. The molecule has 2 atom stereocenters. The SMILES string of the molecule is CCC(N)C(c1ccccc1OC)N1CCCCO1. The average molecular weight is 264 g/mol. The average Bonchev–Trinajstić information content (AvgIpc) is 2.49. The summed E-state index contributed by atoms with van der Waals surface area (Å²) in [5.74, 6) is 0.880. The number of nitrogens with two attached hydrogens (primary N) is 1. The monoisotopic (exact) mass is 264 g/mol. The van der Waals surface area contributed by atoms with Crippen molar-refractivity contribution in [3.05, 3.63) is 29.8 Å². The lowest BCUT2D eigenvalue weighted by Crippen LogP contribution is -2.43. The van der Waals surface area contributed by atoms with Crippen LogP contribution in [0, 0.1) is 0 Å². The Kier molecular flexibility index (Phi) is 5.19. The lowest BCUT2D eigenvalue weighted by atomic mass is 9.96. The topological polar surface area (TPSA) is 47.7 Å². The van der Waals surface area contributed by atoms with Crippen LogP contribution in [0.15, 0.2) is 24.3 Å². The Morgan fingerprint density at radius 1 is 1.37 bits per heavy atom. The highest BCUT2D eigenvalue weighted by molar-refractivity contribution is 5.36. The summed E-state index contributed by atoms with van der Waals surface area (Å²) < 4.78 is 5.47. The van der Waals surface area contributed by atoms with Crippen molar-refractivity contribution in [3.8, 4) is 5.75 Å². The van der Waals surface area contributed by atoms with Gasteiger partial charge in [-0.2, -0.15) is 5.06 Å². The summed E-state index contributed by atoms with van der Waals surface area (Å²) in [6, 6.07) is 8.16. The van der Waals surface area contributed by atoms with Gasteiger partial charge in [-0.05, 0) is 25.3 Å². The number of nitrogens with zero attached hydrogens (tertiary/aromatic N) is 1. The number of para-hydroxylation sites is 1. The summed E-state index contributed by atoms with van der Waals surface area (Å²) in [5.41, 5.74) is 7.44. The van der Waals surface area contributed by atoms with Gasteiger partial charge < -0.3 is 10.5 Å². The number of hydrogen-bond donors (Lipinski definition) is 1. The van der Waals surface area contributed by atoms with Crippen LogP contribution in [0.2, 0.25) is 0 Å². The van der Waals surface area contributed by atoms with E-state index in [-0.39, 0.29) is 12.1 Å². The van der Waals surface area contributed by atoms with E-state index in [1.807, 2.05) is 23.3 Å². The third-order valence-corrected chi connectivity index (χ3v) is 3.67. The molecule has 0 radical (unpaired) electrons. The van der Waals surface area contributed by atoms with Crippen LogP contribution in [0.25, 0.3) is 0 Å². The van der Waals surface area contributed by atoms with E-state index in [1.54, 1.807) is 7.11 Å². The predicted molar refractivity (Wildman–Crippen MR) is 75.9 cm³/mol. The molecule has 1 heterocycles. The van der Waals surface area contributed by atoms with Crippen LogP contribution < -0.4 is 10.5 Å². The van der Waals surface area contributed by atoms with Crippen LogP contribution >= 0.6 is 0 Å². The summed E-state index contributed by atoms with van der Waals surface area (Å²) in [7, 11) is 1.70. The molecule has 2 rings (SSSR count). The maximum Gasteiger partial charge on any atom is 0.123 e. The quantitative estimate of drug-likeness (QED) is 0.887. The molecular formula is C15H24N2O2. The third-order valence-electron chi connectivity index (χ3n) is 3.67. The van der Waals surface area contributed by atoms with Gasteiger partial charge in [0.15, 0.2) is 0 Å². The van der Waals surface area contributed by atoms with Gasteiger partial charge in [-0.15, -0.1) is 0 Å². The first-order chi connectivity index (χ1) is 9.27. The van der Waals surface area contributed by atoms with Gasteiger partial charge >= 0.3 is 0 Å². The van der Waals surface area contributed by atoms with Crippen molar-refractivity contribution in [2.24, 2.45) is 5.73 Å². The van der Waals surface area contributed by atoms with E-state index in [4.69, 9.17) is 15.3 Å². The second-order valence-corrected chi connectivity index (χ2v) is 4.94. The Morgan fingerprint density at radius 2 is 2.16 bits per heavy atom. The number of ether oxygens (including phenoxy) is 1.